The van der Waals surface area contributed by atoms with E-state index in [2.05, 4.69) is 11.6 Å². The Morgan fingerprint density at radius 3 is 1.60 bits per heavy atom. The molecule has 0 aliphatic rings. The van der Waals surface area contributed by atoms with E-state index in [-0.39, 0.29) is 72.4 Å². The van der Waals surface area contributed by atoms with Crippen LogP contribution in [0, 0.1) is 0 Å². The number of rotatable bonds is 0. The predicted molar refractivity (Wildman–Crippen MR) is 11.5 cm³/mol. The van der Waals surface area contributed by atoms with Crippen molar-refractivity contribution in [1.29, 1.82) is 0 Å². The first-order chi connectivity index (χ1) is 1.41. The summed E-state index contributed by atoms with van der Waals surface area (Å²) >= 11 is 4.19. The van der Waals surface area contributed by atoms with E-state index >= 15 is 0 Å². The van der Waals surface area contributed by atoms with E-state index in [1.807, 2.05) is 0 Å². The van der Waals surface area contributed by atoms with Crippen LogP contribution in [0.4, 0.5) is 0 Å². The van der Waals surface area contributed by atoms with Crippen molar-refractivity contribution >= 4 is 17.3 Å². The zero-order chi connectivity index (χ0) is 2.71. The molecule has 0 N–H and O–H groups in total. The second-order valence-electron chi connectivity index (χ2n) is 0.0772. The molecule has 0 fully saturated rings. The summed E-state index contributed by atoms with van der Waals surface area (Å²) in [6, 6.07) is 0. The van der Waals surface area contributed by atoms with Crippen LogP contribution in [0.5, 0.6) is 0 Å². The molecule has 0 amide bonds. The van der Waals surface area contributed by atoms with Crippen LogP contribution in [0.15, 0.2) is 0 Å². The summed E-state index contributed by atoms with van der Waals surface area (Å²) in [6.07, 6.45) is 0. The summed E-state index contributed by atoms with van der Waals surface area (Å²) in [5, 5.41) is 0. The van der Waals surface area contributed by atoms with Crippen LogP contribution >= 0.6 is 11.6 Å². The summed E-state index contributed by atoms with van der Waals surface area (Å²) in [5.41, 5.74) is 0. The maximum Gasteiger partial charge on any atom is 1.00 e. The van der Waals surface area contributed by atoms with Gasteiger partial charge in [-0.1, -0.05) is 0 Å². The monoisotopic (exact) mass is 286 g/mol. The van der Waals surface area contributed by atoms with E-state index in [4.69, 9.17) is 4.79 Å². The fourth-order valence-electron chi connectivity index (χ4n) is 0. The average molecular weight is 286 g/mol. The first-order valence-electron chi connectivity index (χ1n) is 0.393. The summed E-state index contributed by atoms with van der Waals surface area (Å²) in [6.45, 7) is 0. The number of carbonyl (C=O) groups excluding carboxylic acids is 1. The molecule has 0 bridgehead atoms. The number of hydrogen-bond acceptors (Lipinski definition) is 1. The largest absolute Gasteiger partial charge is 1.00 e. The third kappa shape index (κ3) is 22.1. The van der Waals surface area contributed by atoms with Gasteiger partial charge in [0.25, 0.3) is 0 Å². The van der Waals surface area contributed by atoms with Crippen LogP contribution in [0.3, 0.4) is 0 Å². The molecule has 4 heteroatoms. The molecule has 0 unspecified atom stereocenters. The van der Waals surface area contributed by atoms with E-state index < -0.39 is 0 Å². The Hall–Kier alpha value is 2.28. The minimum Gasteiger partial charge on any atom is -0.525 e. The third-order valence-corrected chi connectivity index (χ3v) is 0. The summed E-state index contributed by atoms with van der Waals surface area (Å²) < 4.78 is 0. The quantitative estimate of drug-likeness (QED) is 0.269. The first-order valence-corrected chi connectivity index (χ1v) is 0.771. The van der Waals surface area contributed by atoms with Crippen molar-refractivity contribution in [1.82, 2.24) is 0 Å². The smallest absolute Gasteiger partial charge is 0.525 e. The molecule has 0 rings (SSSR count). The van der Waals surface area contributed by atoms with Gasteiger partial charge in [-0.3, -0.25) is 0 Å². The van der Waals surface area contributed by atoms with Gasteiger partial charge < -0.3 is 16.4 Å². The topological polar surface area (TPSA) is 17.1 Å². The molecule has 24 valence electrons. The normalized spacial score (nSPS) is 2.60. The predicted octanol–water partition coefficient (Wildman–Crippen LogP) is -2.71. The van der Waals surface area contributed by atoms with E-state index in [0.717, 1.165) is 5.75 Å². The standard InChI is InChI=1S/CClO.K.W/c2-1-3;;/q-1;+1;. The number of halogens is 1. The molecule has 0 aliphatic carbocycles. The Labute approximate surface area is 92.5 Å². The van der Waals surface area contributed by atoms with Crippen molar-refractivity contribution in [3.8, 4) is 0 Å². The van der Waals surface area contributed by atoms with E-state index in [1.165, 1.54) is 0 Å². The minimum atomic E-state index is 0. The van der Waals surface area contributed by atoms with Crippen molar-refractivity contribution in [3.63, 3.8) is 0 Å². The van der Waals surface area contributed by atoms with Gasteiger partial charge in [-0.15, -0.1) is 0 Å². The first kappa shape index (κ1) is 15.7. The summed E-state index contributed by atoms with van der Waals surface area (Å²) in [4.78, 5) is 8.45. The Morgan fingerprint density at radius 2 is 1.60 bits per heavy atom. The fraction of sp³-hybridized carbons (Fsp3) is 0. The SMILES string of the molecule is O=[C-]Cl.[K+].[W]. The van der Waals surface area contributed by atoms with Gasteiger partial charge in [0.15, 0.2) is 0 Å². The van der Waals surface area contributed by atoms with Crippen molar-refractivity contribution < 1.29 is 77.2 Å². The van der Waals surface area contributed by atoms with Gasteiger partial charge in [0.1, 0.15) is 0 Å². The van der Waals surface area contributed by atoms with Gasteiger partial charge in [0.2, 0.25) is 0 Å². The van der Waals surface area contributed by atoms with E-state index in [1.54, 1.807) is 0 Å². The van der Waals surface area contributed by atoms with Crippen molar-refractivity contribution in [3.05, 3.63) is 0 Å². The molecule has 0 saturated heterocycles. The second-order valence-corrected chi connectivity index (χ2v) is 0.231. The van der Waals surface area contributed by atoms with Gasteiger partial charge in [-0.2, -0.15) is 5.75 Å². The van der Waals surface area contributed by atoms with Crippen LogP contribution in [-0.2, 0) is 25.9 Å². The van der Waals surface area contributed by atoms with Crippen LogP contribution in [0.1, 0.15) is 0 Å². The van der Waals surface area contributed by atoms with E-state index in [0.29, 0.717) is 0 Å². The molecule has 0 heterocycles. The number of hydrogen-bond donors (Lipinski definition) is 0. The zero-order valence-electron chi connectivity index (χ0n) is 2.69. The molecule has 0 radical (unpaired) electrons. The maximum atomic E-state index is 8.45. The Balaban J connectivity index is -0.0000000200. The van der Waals surface area contributed by atoms with Crippen LogP contribution in [0.2, 0.25) is 0 Å². The van der Waals surface area contributed by atoms with Gasteiger partial charge in [0.05, 0.1) is 0 Å². The van der Waals surface area contributed by atoms with Crippen molar-refractivity contribution in [2.75, 3.05) is 0 Å². The van der Waals surface area contributed by atoms with Gasteiger partial charge in [0, 0.05) is 21.1 Å². The van der Waals surface area contributed by atoms with E-state index in [9.17, 15) is 0 Å². The fourth-order valence-corrected chi connectivity index (χ4v) is 0. The minimum absolute atomic E-state index is 0. The molecular formula is CClKOW. The van der Waals surface area contributed by atoms with Crippen molar-refractivity contribution in [2.45, 2.75) is 0 Å². The molecule has 1 nitrogen and oxygen atoms in total. The Bertz CT molecular complexity index is 19.1. The second kappa shape index (κ2) is 16.3. The molecule has 0 atom stereocenters. The molecule has 0 spiro atoms. The van der Waals surface area contributed by atoms with Crippen LogP contribution < -0.4 is 51.4 Å². The third-order valence-electron chi connectivity index (χ3n) is 0. The maximum absolute atomic E-state index is 8.45. The van der Waals surface area contributed by atoms with Crippen molar-refractivity contribution in [2.24, 2.45) is 0 Å². The molecular weight excluding hydrogens is 286 g/mol. The summed E-state index contributed by atoms with van der Waals surface area (Å²) in [7, 11) is 0. The molecule has 0 aromatic rings. The summed E-state index contributed by atoms with van der Waals surface area (Å²) in [5.74, 6) is 0.972. The molecule has 0 saturated carbocycles. The molecule has 0 aliphatic heterocycles. The Kier molecular flexibility index (Phi) is 51.0. The van der Waals surface area contributed by atoms with Gasteiger partial charge >= 0.3 is 51.4 Å². The van der Waals surface area contributed by atoms with Gasteiger partial charge in [-0.25, -0.2) is 0 Å². The molecule has 0 aromatic heterocycles. The molecule has 5 heavy (non-hydrogen) atoms. The zero-order valence-corrected chi connectivity index (χ0v) is 9.51. The van der Waals surface area contributed by atoms with Crippen LogP contribution in [-0.4, -0.2) is 5.75 Å². The molecule has 0 aromatic carbocycles. The van der Waals surface area contributed by atoms with Gasteiger partial charge in [-0.05, 0) is 0 Å². The average Bonchev–Trinajstić information content (AvgIpc) is 0.918. The van der Waals surface area contributed by atoms with Crippen LogP contribution in [0.25, 0.3) is 0 Å². The Morgan fingerprint density at radius 1 is 1.60 bits per heavy atom.